The van der Waals surface area contributed by atoms with Crippen molar-refractivity contribution >= 4 is 12.0 Å². The maximum atomic E-state index is 11.8. The highest BCUT2D eigenvalue weighted by Crippen LogP contribution is 2.08. The molecular formula is C15H18N2O2. The number of hydrogen-bond acceptors (Lipinski definition) is 3. The molecule has 1 aromatic rings. The Hall–Kier alpha value is -2.12. The van der Waals surface area contributed by atoms with E-state index in [0.717, 1.165) is 17.5 Å². The SMILES string of the molecule is COCCCNC(=O)C(C#N)=Cc1ccc(C)cc1. The van der Waals surface area contributed by atoms with Crippen molar-refractivity contribution in [3.63, 3.8) is 0 Å². The number of benzene rings is 1. The molecule has 4 heteroatoms. The minimum atomic E-state index is -0.348. The van der Waals surface area contributed by atoms with Gasteiger partial charge in [0.05, 0.1) is 0 Å². The number of nitrogens with one attached hydrogen (secondary N) is 1. The molecule has 0 atom stereocenters. The van der Waals surface area contributed by atoms with Crippen LogP contribution in [0.15, 0.2) is 29.8 Å². The predicted molar refractivity (Wildman–Crippen MR) is 74.3 cm³/mol. The van der Waals surface area contributed by atoms with Gasteiger partial charge in [-0.05, 0) is 25.0 Å². The minimum absolute atomic E-state index is 0.112. The third-order valence-corrected chi connectivity index (χ3v) is 2.56. The monoisotopic (exact) mass is 258 g/mol. The van der Waals surface area contributed by atoms with E-state index in [9.17, 15) is 4.79 Å². The first-order valence-electron chi connectivity index (χ1n) is 6.13. The molecule has 4 nitrogen and oxygen atoms in total. The number of carbonyl (C=O) groups excluding carboxylic acids is 1. The summed E-state index contributed by atoms with van der Waals surface area (Å²) >= 11 is 0. The lowest BCUT2D eigenvalue weighted by atomic mass is 10.1. The fraction of sp³-hybridized carbons (Fsp3) is 0.333. The average molecular weight is 258 g/mol. The van der Waals surface area contributed by atoms with E-state index in [1.807, 2.05) is 37.3 Å². The van der Waals surface area contributed by atoms with Crippen molar-refractivity contribution in [3.05, 3.63) is 41.0 Å². The van der Waals surface area contributed by atoms with Crippen LogP contribution in [0.5, 0.6) is 0 Å². The molecule has 1 amide bonds. The topological polar surface area (TPSA) is 62.1 Å². The number of carbonyl (C=O) groups is 1. The van der Waals surface area contributed by atoms with Gasteiger partial charge in [-0.15, -0.1) is 0 Å². The molecule has 19 heavy (non-hydrogen) atoms. The van der Waals surface area contributed by atoms with Crippen molar-refractivity contribution < 1.29 is 9.53 Å². The van der Waals surface area contributed by atoms with Crippen molar-refractivity contribution in [2.24, 2.45) is 0 Å². The second kappa shape index (κ2) is 8.06. The van der Waals surface area contributed by atoms with Gasteiger partial charge in [0.1, 0.15) is 11.6 Å². The Labute approximate surface area is 113 Å². The van der Waals surface area contributed by atoms with E-state index in [1.165, 1.54) is 0 Å². The van der Waals surface area contributed by atoms with E-state index in [0.29, 0.717) is 13.2 Å². The summed E-state index contributed by atoms with van der Waals surface area (Å²) in [5.74, 6) is -0.348. The minimum Gasteiger partial charge on any atom is -0.385 e. The number of nitrogens with zero attached hydrogens (tertiary/aromatic N) is 1. The molecule has 0 aliphatic heterocycles. The molecule has 0 aliphatic carbocycles. The van der Waals surface area contributed by atoms with Gasteiger partial charge in [0.25, 0.3) is 5.91 Å². The Kier molecular flexibility index (Phi) is 6.34. The Morgan fingerprint density at radius 3 is 2.68 bits per heavy atom. The summed E-state index contributed by atoms with van der Waals surface area (Å²) in [5.41, 5.74) is 2.09. The van der Waals surface area contributed by atoms with Crippen molar-refractivity contribution in [3.8, 4) is 6.07 Å². The van der Waals surface area contributed by atoms with Gasteiger partial charge < -0.3 is 10.1 Å². The molecule has 0 saturated carbocycles. The zero-order valence-corrected chi connectivity index (χ0v) is 11.3. The highest BCUT2D eigenvalue weighted by Gasteiger charge is 2.07. The Morgan fingerprint density at radius 2 is 2.11 bits per heavy atom. The van der Waals surface area contributed by atoms with Crippen LogP contribution in [0.4, 0.5) is 0 Å². The molecule has 1 aromatic carbocycles. The largest absolute Gasteiger partial charge is 0.385 e. The second-order valence-electron chi connectivity index (χ2n) is 4.18. The van der Waals surface area contributed by atoms with Crippen LogP contribution in [0.1, 0.15) is 17.5 Å². The van der Waals surface area contributed by atoms with Crippen molar-refractivity contribution in [2.45, 2.75) is 13.3 Å². The lowest BCUT2D eigenvalue weighted by Crippen LogP contribution is -2.26. The summed E-state index contributed by atoms with van der Waals surface area (Å²) in [5, 5.41) is 11.7. The lowest BCUT2D eigenvalue weighted by Gasteiger charge is -2.03. The molecule has 0 fully saturated rings. The molecule has 0 heterocycles. The van der Waals surface area contributed by atoms with Crippen LogP contribution < -0.4 is 5.32 Å². The molecule has 0 aliphatic rings. The summed E-state index contributed by atoms with van der Waals surface area (Å²) in [6.07, 6.45) is 2.32. The van der Waals surface area contributed by atoms with E-state index < -0.39 is 0 Å². The Morgan fingerprint density at radius 1 is 1.42 bits per heavy atom. The van der Waals surface area contributed by atoms with Gasteiger partial charge in [-0.1, -0.05) is 29.8 Å². The van der Waals surface area contributed by atoms with Crippen LogP contribution in [0.25, 0.3) is 6.08 Å². The van der Waals surface area contributed by atoms with Crippen LogP contribution in [-0.4, -0.2) is 26.2 Å². The van der Waals surface area contributed by atoms with Crippen molar-refractivity contribution in [2.75, 3.05) is 20.3 Å². The Bertz CT molecular complexity index is 484. The summed E-state index contributed by atoms with van der Waals surface area (Å²) in [7, 11) is 1.61. The van der Waals surface area contributed by atoms with Gasteiger partial charge in [-0.25, -0.2) is 0 Å². The van der Waals surface area contributed by atoms with Crippen LogP contribution in [0.3, 0.4) is 0 Å². The number of hydrogen-bond donors (Lipinski definition) is 1. The summed E-state index contributed by atoms with van der Waals surface area (Å²) in [6, 6.07) is 9.57. The highest BCUT2D eigenvalue weighted by molar-refractivity contribution is 6.01. The molecule has 0 bridgehead atoms. The van der Waals surface area contributed by atoms with Crippen LogP contribution in [-0.2, 0) is 9.53 Å². The zero-order valence-electron chi connectivity index (χ0n) is 11.3. The normalized spacial score (nSPS) is 10.9. The first-order chi connectivity index (χ1) is 9.17. The van der Waals surface area contributed by atoms with Crippen molar-refractivity contribution in [1.82, 2.24) is 5.32 Å². The molecule has 0 aromatic heterocycles. The molecule has 0 radical (unpaired) electrons. The van der Waals surface area contributed by atoms with Gasteiger partial charge in [-0.3, -0.25) is 4.79 Å². The van der Waals surface area contributed by atoms with Crippen LogP contribution >= 0.6 is 0 Å². The molecule has 0 unspecified atom stereocenters. The van der Waals surface area contributed by atoms with E-state index in [1.54, 1.807) is 13.2 Å². The first-order valence-corrected chi connectivity index (χ1v) is 6.13. The van der Waals surface area contributed by atoms with Crippen molar-refractivity contribution in [1.29, 1.82) is 5.26 Å². The average Bonchev–Trinajstić information content (AvgIpc) is 2.42. The summed E-state index contributed by atoms with van der Waals surface area (Å²) < 4.78 is 4.89. The zero-order chi connectivity index (χ0) is 14.1. The smallest absolute Gasteiger partial charge is 0.261 e. The second-order valence-corrected chi connectivity index (χ2v) is 4.18. The predicted octanol–water partition coefficient (Wildman–Crippen LogP) is 2.05. The third kappa shape index (κ3) is 5.36. The van der Waals surface area contributed by atoms with E-state index in [2.05, 4.69) is 5.32 Å². The quantitative estimate of drug-likeness (QED) is 0.482. The maximum Gasteiger partial charge on any atom is 0.261 e. The number of methoxy groups -OCH3 is 1. The number of nitriles is 1. The third-order valence-electron chi connectivity index (χ3n) is 2.56. The molecule has 0 spiro atoms. The fourth-order valence-corrected chi connectivity index (χ4v) is 1.49. The molecule has 0 saturated heterocycles. The van der Waals surface area contributed by atoms with Gasteiger partial charge in [0, 0.05) is 20.3 Å². The van der Waals surface area contributed by atoms with E-state index in [-0.39, 0.29) is 11.5 Å². The van der Waals surface area contributed by atoms with Gasteiger partial charge in [-0.2, -0.15) is 5.26 Å². The molecular weight excluding hydrogens is 240 g/mol. The summed E-state index contributed by atoms with van der Waals surface area (Å²) in [4.78, 5) is 11.8. The van der Waals surface area contributed by atoms with E-state index >= 15 is 0 Å². The van der Waals surface area contributed by atoms with E-state index in [4.69, 9.17) is 10.00 Å². The molecule has 100 valence electrons. The first kappa shape index (κ1) is 14.9. The van der Waals surface area contributed by atoms with Gasteiger partial charge >= 0.3 is 0 Å². The molecule has 1 N–H and O–H groups in total. The Balaban J connectivity index is 2.64. The maximum absolute atomic E-state index is 11.8. The number of rotatable bonds is 6. The highest BCUT2D eigenvalue weighted by atomic mass is 16.5. The summed E-state index contributed by atoms with van der Waals surface area (Å²) in [6.45, 7) is 3.07. The standard InChI is InChI=1S/C15H18N2O2/c1-12-4-6-13(7-5-12)10-14(11-16)15(18)17-8-3-9-19-2/h4-7,10H,3,8-9H2,1-2H3,(H,17,18). The number of aryl methyl sites for hydroxylation is 1. The fourth-order valence-electron chi connectivity index (χ4n) is 1.49. The lowest BCUT2D eigenvalue weighted by molar-refractivity contribution is -0.117. The van der Waals surface area contributed by atoms with Gasteiger partial charge in [0.2, 0.25) is 0 Å². The molecule has 1 rings (SSSR count). The van der Waals surface area contributed by atoms with Gasteiger partial charge in [0.15, 0.2) is 0 Å². The van der Waals surface area contributed by atoms with Crippen LogP contribution in [0.2, 0.25) is 0 Å². The number of amides is 1. The number of ether oxygens (including phenoxy) is 1. The van der Waals surface area contributed by atoms with Crippen LogP contribution in [0, 0.1) is 18.3 Å².